The van der Waals surface area contributed by atoms with Crippen LogP contribution in [0.25, 0.3) is 0 Å². The molecule has 1 unspecified atom stereocenters. The Bertz CT molecular complexity index is 1300. The molecule has 0 rings (SSSR count). The van der Waals surface area contributed by atoms with Crippen molar-refractivity contribution in [1.29, 1.82) is 0 Å². The Labute approximate surface area is 467 Å². The van der Waals surface area contributed by atoms with Crippen molar-refractivity contribution in [2.24, 2.45) is 0 Å². The van der Waals surface area contributed by atoms with E-state index in [1.54, 1.807) is 0 Å². The third kappa shape index (κ3) is 62.1. The molecule has 75 heavy (non-hydrogen) atoms. The predicted octanol–water partition coefficient (Wildman–Crippen LogP) is 22.6. The fourth-order valence-corrected chi connectivity index (χ4v) is 9.87. The van der Waals surface area contributed by atoms with Crippen LogP contribution in [0.5, 0.6) is 0 Å². The Morgan fingerprint density at radius 1 is 0.280 bits per heavy atom. The molecule has 438 valence electrons. The molecule has 0 saturated heterocycles. The lowest BCUT2D eigenvalue weighted by Crippen LogP contribution is -2.30. The first-order valence-electron chi connectivity index (χ1n) is 33.1. The average Bonchev–Trinajstić information content (AvgIpc) is 3.41. The lowest BCUT2D eigenvalue weighted by molar-refractivity contribution is -0.167. The Morgan fingerprint density at radius 3 is 0.827 bits per heavy atom. The molecule has 0 aliphatic carbocycles. The molecule has 0 radical (unpaired) electrons. The maximum Gasteiger partial charge on any atom is 0.306 e. The van der Waals surface area contributed by atoms with E-state index in [1.807, 2.05) is 0 Å². The SMILES string of the molecule is CC/C=C\C/C=C\C/C=C\CCCCCCCC(=O)OCC(COC(=O)CCCCCCCCCCCCC/C=C\CCCCCCCCCC)OC(=O)CCCCCCCCCCCCCCCCCCCCC. The van der Waals surface area contributed by atoms with Gasteiger partial charge in [-0.3, -0.25) is 14.4 Å². The maximum atomic E-state index is 12.9. The molecule has 0 aliphatic rings. The normalized spacial score (nSPS) is 12.3. The molecule has 0 aliphatic heterocycles. The zero-order valence-electron chi connectivity index (χ0n) is 50.3. The summed E-state index contributed by atoms with van der Waals surface area (Å²) < 4.78 is 17.0. The average molecular weight is 1050 g/mol. The van der Waals surface area contributed by atoms with Crippen LogP contribution >= 0.6 is 0 Å². The van der Waals surface area contributed by atoms with E-state index < -0.39 is 6.10 Å². The lowest BCUT2D eigenvalue weighted by atomic mass is 10.0. The minimum absolute atomic E-state index is 0.0753. The van der Waals surface area contributed by atoms with E-state index in [0.29, 0.717) is 19.3 Å². The van der Waals surface area contributed by atoms with Crippen LogP contribution in [0.2, 0.25) is 0 Å². The summed E-state index contributed by atoms with van der Waals surface area (Å²) in [6.07, 6.45) is 79.8. The number of rotatable bonds is 61. The molecule has 0 aromatic heterocycles. The van der Waals surface area contributed by atoms with E-state index in [-0.39, 0.29) is 31.1 Å². The van der Waals surface area contributed by atoms with Gasteiger partial charge in [-0.25, -0.2) is 0 Å². The maximum absolute atomic E-state index is 12.9. The summed E-state index contributed by atoms with van der Waals surface area (Å²) in [5.41, 5.74) is 0. The van der Waals surface area contributed by atoms with Gasteiger partial charge in [-0.2, -0.15) is 0 Å². The molecule has 0 amide bonds. The van der Waals surface area contributed by atoms with Crippen molar-refractivity contribution in [1.82, 2.24) is 0 Å². The van der Waals surface area contributed by atoms with E-state index in [0.717, 1.165) is 96.3 Å². The molecular formula is C69H126O6. The zero-order chi connectivity index (χ0) is 54.3. The summed E-state index contributed by atoms with van der Waals surface area (Å²) in [5, 5.41) is 0. The van der Waals surface area contributed by atoms with E-state index >= 15 is 0 Å². The second-order valence-corrected chi connectivity index (χ2v) is 22.4. The fourth-order valence-electron chi connectivity index (χ4n) is 9.87. The molecule has 1 atom stereocenters. The molecule has 6 nitrogen and oxygen atoms in total. The van der Waals surface area contributed by atoms with Gasteiger partial charge in [0.25, 0.3) is 0 Å². The van der Waals surface area contributed by atoms with Crippen LogP contribution in [0.4, 0.5) is 0 Å². The number of unbranched alkanes of at least 4 members (excludes halogenated alkanes) is 42. The minimum Gasteiger partial charge on any atom is -0.462 e. The van der Waals surface area contributed by atoms with E-state index in [9.17, 15) is 14.4 Å². The summed E-state index contributed by atoms with van der Waals surface area (Å²) >= 11 is 0. The van der Waals surface area contributed by atoms with Crippen molar-refractivity contribution in [3.8, 4) is 0 Å². The molecule has 0 heterocycles. The molecule has 0 fully saturated rings. The van der Waals surface area contributed by atoms with Crippen molar-refractivity contribution in [3.63, 3.8) is 0 Å². The summed E-state index contributed by atoms with van der Waals surface area (Å²) in [7, 11) is 0. The monoisotopic (exact) mass is 1050 g/mol. The van der Waals surface area contributed by atoms with Gasteiger partial charge in [0, 0.05) is 19.3 Å². The quantitative estimate of drug-likeness (QED) is 0.0261. The topological polar surface area (TPSA) is 78.9 Å². The molecule has 0 aromatic carbocycles. The first-order valence-corrected chi connectivity index (χ1v) is 33.1. The van der Waals surface area contributed by atoms with Crippen LogP contribution in [0, 0.1) is 0 Å². The first-order chi connectivity index (χ1) is 37.0. The van der Waals surface area contributed by atoms with Crippen LogP contribution in [0.3, 0.4) is 0 Å². The van der Waals surface area contributed by atoms with Crippen molar-refractivity contribution in [2.45, 2.75) is 361 Å². The lowest BCUT2D eigenvalue weighted by Gasteiger charge is -2.18. The van der Waals surface area contributed by atoms with Crippen molar-refractivity contribution in [2.75, 3.05) is 13.2 Å². The first kappa shape index (κ1) is 72.4. The highest BCUT2D eigenvalue weighted by atomic mass is 16.6. The standard InChI is InChI=1S/C69H126O6/c1-4-7-10-13-16-19-22-25-28-30-32-33-34-35-37-38-41-44-47-50-53-56-59-62-68(71)74-65-66(64-73-67(70)61-58-55-52-49-46-43-40-27-24-21-18-15-12-9-6-3)75-69(72)63-60-57-54-51-48-45-42-39-36-31-29-26-23-20-17-14-11-8-5-2/h9,12,18,21,27,30,32,40,66H,4-8,10-11,13-17,19-20,22-26,28-29,31,33-39,41-65H2,1-3H3/b12-9-,21-18-,32-30-,40-27-. The second kappa shape index (κ2) is 63.9. The van der Waals surface area contributed by atoms with Gasteiger partial charge in [0.2, 0.25) is 0 Å². The molecule has 6 heteroatoms. The number of hydrogen-bond donors (Lipinski definition) is 0. The molecule has 0 spiro atoms. The fraction of sp³-hybridized carbons (Fsp3) is 0.841. The Kier molecular flexibility index (Phi) is 61.7. The molecule has 0 aromatic rings. The highest BCUT2D eigenvalue weighted by Gasteiger charge is 2.19. The number of hydrogen-bond acceptors (Lipinski definition) is 6. The van der Waals surface area contributed by atoms with Gasteiger partial charge in [0.1, 0.15) is 13.2 Å². The summed E-state index contributed by atoms with van der Waals surface area (Å²) in [5.74, 6) is -0.870. The summed E-state index contributed by atoms with van der Waals surface area (Å²) in [4.78, 5) is 38.4. The van der Waals surface area contributed by atoms with Crippen LogP contribution < -0.4 is 0 Å². The van der Waals surface area contributed by atoms with Crippen LogP contribution in [-0.4, -0.2) is 37.2 Å². The number of esters is 3. The van der Waals surface area contributed by atoms with Gasteiger partial charge in [0.05, 0.1) is 0 Å². The second-order valence-electron chi connectivity index (χ2n) is 22.4. The van der Waals surface area contributed by atoms with Gasteiger partial charge >= 0.3 is 17.9 Å². The molecule has 0 N–H and O–H groups in total. The largest absolute Gasteiger partial charge is 0.462 e. The third-order valence-electron chi connectivity index (χ3n) is 14.8. The van der Waals surface area contributed by atoms with Gasteiger partial charge in [-0.15, -0.1) is 0 Å². The Hall–Kier alpha value is -2.63. The van der Waals surface area contributed by atoms with Crippen molar-refractivity contribution in [3.05, 3.63) is 48.6 Å². The van der Waals surface area contributed by atoms with Gasteiger partial charge in [-0.1, -0.05) is 307 Å². The highest BCUT2D eigenvalue weighted by molar-refractivity contribution is 5.71. The third-order valence-corrected chi connectivity index (χ3v) is 14.8. The van der Waals surface area contributed by atoms with Crippen molar-refractivity contribution < 1.29 is 28.6 Å². The Balaban J connectivity index is 4.30. The molecule has 0 bridgehead atoms. The smallest absolute Gasteiger partial charge is 0.306 e. The number of allylic oxidation sites excluding steroid dienone is 8. The number of ether oxygens (including phenoxy) is 3. The van der Waals surface area contributed by atoms with Gasteiger partial charge in [-0.05, 0) is 77.0 Å². The van der Waals surface area contributed by atoms with Crippen LogP contribution in [0.15, 0.2) is 48.6 Å². The van der Waals surface area contributed by atoms with Crippen molar-refractivity contribution >= 4 is 17.9 Å². The van der Waals surface area contributed by atoms with Gasteiger partial charge < -0.3 is 14.2 Å². The van der Waals surface area contributed by atoms with Crippen LogP contribution in [-0.2, 0) is 28.6 Å². The molecule has 0 saturated carbocycles. The van der Waals surface area contributed by atoms with Gasteiger partial charge in [0.15, 0.2) is 6.10 Å². The van der Waals surface area contributed by atoms with E-state index in [1.165, 1.54) is 218 Å². The molecular weight excluding hydrogens is 925 g/mol. The van der Waals surface area contributed by atoms with E-state index in [2.05, 4.69) is 69.4 Å². The zero-order valence-corrected chi connectivity index (χ0v) is 50.3. The summed E-state index contributed by atoms with van der Waals surface area (Å²) in [6, 6.07) is 0. The number of carbonyl (C=O) groups is 3. The van der Waals surface area contributed by atoms with E-state index in [4.69, 9.17) is 14.2 Å². The Morgan fingerprint density at radius 2 is 0.520 bits per heavy atom. The minimum atomic E-state index is -0.779. The van der Waals surface area contributed by atoms with Crippen LogP contribution in [0.1, 0.15) is 355 Å². The predicted molar refractivity (Wildman–Crippen MR) is 325 cm³/mol. The number of carbonyl (C=O) groups excluding carboxylic acids is 3. The highest BCUT2D eigenvalue weighted by Crippen LogP contribution is 2.18. The summed E-state index contributed by atoms with van der Waals surface area (Å²) in [6.45, 7) is 6.58.